The molecule has 2 aromatic rings. The Balaban J connectivity index is 1.42. The van der Waals surface area contributed by atoms with E-state index >= 15 is 0 Å². The van der Waals surface area contributed by atoms with E-state index in [2.05, 4.69) is 30.3 Å². The second-order valence-electron chi connectivity index (χ2n) is 10.4. The minimum absolute atomic E-state index is 0.0858. The van der Waals surface area contributed by atoms with Crippen LogP contribution < -0.4 is 0 Å². The lowest BCUT2D eigenvalue weighted by Gasteiger charge is -2.42. The summed E-state index contributed by atoms with van der Waals surface area (Å²) in [6, 6.07) is 15.4. The van der Waals surface area contributed by atoms with Crippen LogP contribution in [0.5, 0.6) is 0 Å². The summed E-state index contributed by atoms with van der Waals surface area (Å²) in [5, 5.41) is 0. The van der Waals surface area contributed by atoms with Gasteiger partial charge in [-0.25, -0.2) is 4.79 Å². The molecule has 5 rings (SSSR count). The van der Waals surface area contributed by atoms with E-state index in [9.17, 15) is 14.4 Å². The molecule has 0 bridgehead atoms. The first-order chi connectivity index (χ1) is 18.9. The molecule has 3 aliphatic rings. The highest BCUT2D eigenvalue weighted by Gasteiger charge is 2.41. The normalized spacial score (nSPS) is 21.9. The van der Waals surface area contributed by atoms with Crippen LogP contribution in [0.4, 0.5) is 4.79 Å². The molecule has 204 valence electrons. The summed E-state index contributed by atoms with van der Waals surface area (Å²) >= 11 is 0. The Morgan fingerprint density at radius 3 is 2.15 bits per heavy atom. The number of esters is 2. The molecule has 0 radical (unpaired) electrons. The lowest BCUT2D eigenvalue weighted by Crippen LogP contribution is -2.57. The van der Waals surface area contributed by atoms with E-state index in [-0.39, 0.29) is 25.2 Å². The number of hydrogen-bond acceptors (Lipinski definition) is 6. The molecule has 7 nitrogen and oxygen atoms in total. The molecule has 1 heterocycles. The van der Waals surface area contributed by atoms with E-state index in [0.29, 0.717) is 6.42 Å². The van der Waals surface area contributed by atoms with E-state index in [4.69, 9.17) is 14.2 Å². The highest BCUT2D eigenvalue weighted by atomic mass is 16.6. The fourth-order valence-corrected chi connectivity index (χ4v) is 6.01. The van der Waals surface area contributed by atoms with Crippen LogP contribution in [0.3, 0.4) is 0 Å². The van der Waals surface area contributed by atoms with Gasteiger partial charge in [0.2, 0.25) is 0 Å². The summed E-state index contributed by atoms with van der Waals surface area (Å²) in [7, 11) is 0. The molecule has 2 aliphatic carbocycles. The van der Waals surface area contributed by atoms with Crippen LogP contribution in [-0.4, -0.2) is 54.3 Å². The molecule has 0 saturated heterocycles. The molecule has 2 aromatic carbocycles. The van der Waals surface area contributed by atoms with Crippen LogP contribution >= 0.6 is 0 Å². The van der Waals surface area contributed by atoms with E-state index in [0.717, 1.165) is 41.5 Å². The Hall–Kier alpha value is -3.87. The maximum absolute atomic E-state index is 13.9. The van der Waals surface area contributed by atoms with Crippen molar-refractivity contribution >= 4 is 18.0 Å². The average Bonchev–Trinajstić information content (AvgIpc) is 3.25. The quantitative estimate of drug-likeness (QED) is 0.251. The third-order valence-electron chi connectivity index (χ3n) is 7.78. The Labute approximate surface area is 229 Å². The van der Waals surface area contributed by atoms with Crippen molar-refractivity contribution in [2.24, 2.45) is 0 Å². The molecule has 1 aliphatic heterocycles. The topological polar surface area (TPSA) is 82.1 Å². The maximum Gasteiger partial charge on any atom is 0.410 e. The van der Waals surface area contributed by atoms with Crippen LogP contribution in [0.1, 0.15) is 63.0 Å². The number of carbonyl (C=O) groups excluding carboxylic acids is 3. The van der Waals surface area contributed by atoms with Crippen molar-refractivity contribution in [3.8, 4) is 11.1 Å². The first-order valence-electron chi connectivity index (χ1n) is 13.7. The van der Waals surface area contributed by atoms with Gasteiger partial charge in [-0.1, -0.05) is 66.3 Å². The maximum atomic E-state index is 13.9. The summed E-state index contributed by atoms with van der Waals surface area (Å²) < 4.78 is 16.9. The van der Waals surface area contributed by atoms with Crippen molar-refractivity contribution in [1.82, 2.24) is 4.90 Å². The molecule has 0 N–H and O–H groups in total. The minimum Gasteiger partial charge on any atom is -0.464 e. The zero-order valence-electron chi connectivity index (χ0n) is 22.5. The molecule has 39 heavy (non-hydrogen) atoms. The van der Waals surface area contributed by atoms with Crippen molar-refractivity contribution < 1.29 is 28.6 Å². The van der Waals surface area contributed by atoms with Gasteiger partial charge in [-0.2, -0.15) is 0 Å². The molecule has 7 heteroatoms. The van der Waals surface area contributed by atoms with Gasteiger partial charge < -0.3 is 14.2 Å². The number of allylic oxidation sites excluding steroid dienone is 1. The number of amides is 1. The van der Waals surface area contributed by atoms with Crippen LogP contribution in [0.25, 0.3) is 11.1 Å². The van der Waals surface area contributed by atoms with Gasteiger partial charge in [0.25, 0.3) is 0 Å². The summed E-state index contributed by atoms with van der Waals surface area (Å²) in [5.41, 5.74) is 5.86. The molecule has 0 fully saturated rings. The second kappa shape index (κ2) is 11.9. The number of fused-ring (bicyclic) bond motifs is 3. The molecule has 0 unspecified atom stereocenters. The van der Waals surface area contributed by atoms with Crippen molar-refractivity contribution in [3.63, 3.8) is 0 Å². The smallest absolute Gasteiger partial charge is 0.410 e. The fraction of sp³-hybridized carbons (Fsp3) is 0.406. The number of carbonyl (C=O) groups is 3. The van der Waals surface area contributed by atoms with E-state index in [1.54, 1.807) is 11.0 Å². The Kier molecular flexibility index (Phi) is 8.15. The van der Waals surface area contributed by atoms with Gasteiger partial charge in [0, 0.05) is 19.8 Å². The summed E-state index contributed by atoms with van der Waals surface area (Å²) in [5.74, 6) is -1.03. The highest BCUT2D eigenvalue weighted by molar-refractivity contribution is 5.79. The summed E-state index contributed by atoms with van der Waals surface area (Å²) in [4.78, 5) is 39.1. The van der Waals surface area contributed by atoms with Crippen LogP contribution in [0, 0.1) is 0 Å². The predicted molar refractivity (Wildman–Crippen MR) is 147 cm³/mol. The van der Waals surface area contributed by atoms with Gasteiger partial charge in [0.05, 0.1) is 6.04 Å². The van der Waals surface area contributed by atoms with E-state index in [1.807, 2.05) is 30.3 Å². The molecular weight excluding hydrogens is 494 g/mol. The number of rotatable bonds is 7. The largest absolute Gasteiger partial charge is 0.464 e. The lowest BCUT2D eigenvalue weighted by molar-refractivity contribution is -0.152. The molecule has 0 spiro atoms. The minimum atomic E-state index is -0.751. The van der Waals surface area contributed by atoms with Gasteiger partial charge in [0.1, 0.15) is 25.4 Å². The lowest BCUT2D eigenvalue weighted by atomic mass is 9.90. The molecule has 1 amide bonds. The predicted octanol–water partition coefficient (Wildman–Crippen LogP) is 5.93. The number of benzene rings is 2. The molecule has 3 atom stereocenters. The van der Waals surface area contributed by atoms with Crippen molar-refractivity contribution in [1.29, 1.82) is 0 Å². The summed E-state index contributed by atoms with van der Waals surface area (Å²) in [6.45, 7) is 2.72. The zero-order valence-corrected chi connectivity index (χ0v) is 22.5. The zero-order chi connectivity index (χ0) is 27.4. The molecule has 0 aromatic heterocycles. The Morgan fingerprint density at radius 2 is 1.54 bits per heavy atom. The standard InChI is InChI=1S/C32H35NO6/c1-21(34)37-20-30-31(39-22(2)35)17-16-24(18-23-10-4-3-5-11-23)33(30)32(36)38-19-29-27-14-8-6-12-25(27)26-13-7-9-15-28(26)29/h6-10,12-17,24,29-31H,3-5,11,18-20H2,1-2H3/t24-,30-,31+/m1/s1. The van der Waals surface area contributed by atoms with Crippen molar-refractivity contribution in [2.75, 3.05) is 13.2 Å². The van der Waals surface area contributed by atoms with Gasteiger partial charge >= 0.3 is 18.0 Å². The fourth-order valence-electron chi connectivity index (χ4n) is 6.01. The van der Waals surface area contributed by atoms with E-state index in [1.165, 1.54) is 25.8 Å². The molecular formula is C32H35NO6. The van der Waals surface area contributed by atoms with Gasteiger partial charge in [-0.15, -0.1) is 0 Å². The number of hydrogen-bond donors (Lipinski definition) is 0. The first-order valence-corrected chi connectivity index (χ1v) is 13.7. The third-order valence-corrected chi connectivity index (χ3v) is 7.78. The Morgan fingerprint density at radius 1 is 0.846 bits per heavy atom. The van der Waals surface area contributed by atoms with Gasteiger partial charge in [-0.05, 0) is 60.4 Å². The van der Waals surface area contributed by atoms with Crippen LogP contribution in [-0.2, 0) is 23.8 Å². The Bertz CT molecular complexity index is 1250. The molecule has 0 saturated carbocycles. The van der Waals surface area contributed by atoms with Crippen molar-refractivity contribution in [2.45, 2.75) is 70.1 Å². The van der Waals surface area contributed by atoms with Crippen LogP contribution in [0.15, 0.2) is 72.3 Å². The van der Waals surface area contributed by atoms with Crippen LogP contribution in [0.2, 0.25) is 0 Å². The number of ether oxygens (including phenoxy) is 3. The van der Waals surface area contributed by atoms with Gasteiger partial charge in [-0.3, -0.25) is 14.5 Å². The van der Waals surface area contributed by atoms with E-state index < -0.39 is 30.2 Å². The number of nitrogens with zero attached hydrogens (tertiary/aromatic N) is 1. The monoisotopic (exact) mass is 529 g/mol. The highest BCUT2D eigenvalue weighted by Crippen LogP contribution is 2.44. The third kappa shape index (κ3) is 5.92. The second-order valence-corrected chi connectivity index (χ2v) is 10.4. The SMILES string of the molecule is CC(=O)OC[C@@H]1[C@@H](OC(C)=O)C=C[C@H](CC2=CCCCC2)N1C(=O)OCC1c2ccccc2-c2ccccc21. The van der Waals surface area contributed by atoms with Gasteiger partial charge in [0.15, 0.2) is 0 Å². The van der Waals surface area contributed by atoms with Crippen molar-refractivity contribution in [3.05, 3.63) is 83.5 Å². The average molecular weight is 530 g/mol. The summed E-state index contributed by atoms with van der Waals surface area (Å²) in [6.07, 6.45) is 9.68. The first kappa shape index (κ1) is 26.7.